The number of esters is 1. The molecule has 0 bridgehead atoms. The third-order valence-corrected chi connectivity index (χ3v) is 3.83. The van der Waals surface area contributed by atoms with Gasteiger partial charge in [-0.3, -0.25) is 4.79 Å². The largest absolute Gasteiger partial charge is 0.468 e. The Hall–Kier alpha value is -1.35. The predicted octanol–water partition coefficient (Wildman–Crippen LogP) is 3.19. The third-order valence-electron chi connectivity index (χ3n) is 3.83. The Morgan fingerprint density at radius 2 is 1.70 bits per heavy atom. The van der Waals surface area contributed by atoms with Gasteiger partial charge in [0.15, 0.2) is 0 Å². The molecule has 0 aliphatic heterocycles. The number of hydrogen-bond acceptors (Lipinski definition) is 3. The zero-order chi connectivity index (χ0) is 15.4. The third kappa shape index (κ3) is 3.83. The molecule has 0 aromatic heterocycles. The molecule has 1 aromatic rings. The van der Waals surface area contributed by atoms with Crippen LogP contribution in [0.25, 0.3) is 0 Å². The highest BCUT2D eigenvalue weighted by molar-refractivity contribution is 5.83. The molecule has 0 radical (unpaired) electrons. The molecule has 2 N–H and O–H groups in total. The average Bonchev–Trinajstić information content (AvgIpc) is 2.40. The molecule has 20 heavy (non-hydrogen) atoms. The van der Waals surface area contributed by atoms with Crippen LogP contribution in [0.15, 0.2) is 24.3 Å². The quantitative estimate of drug-likeness (QED) is 0.841. The van der Waals surface area contributed by atoms with Gasteiger partial charge in [-0.2, -0.15) is 0 Å². The van der Waals surface area contributed by atoms with E-state index >= 15 is 0 Å². The lowest BCUT2D eigenvalue weighted by molar-refractivity contribution is -0.147. The number of methoxy groups -OCH3 is 1. The maximum Gasteiger partial charge on any atom is 0.317 e. The number of benzene rings is 1. The summed E-state index contributed by atoms with van der Waals surface area (Å²) in [5.41, 5.74) is 7.51. The van der Waals surface area contributed by atoms with Gasteiger partial charge in [-0.1, -0.05) is 50.6 Å². The first-order valence-corrected chi connectivity index (χ1v) is 7.11. The van der Waals surface area contributed by atoms with Crippen LogP contribution in [0.1, 0.15) is 44.7 Å². The van der Waals surface area contributed by atoms with Gasteiger partial charge in [-0.25, -0.2) is 0 Å². The molecule has 3 heteroatoms. The van der Waals surface area contributed by atoms with Crippen molar-refractivity contribution in [2.24, 2.45) is 11.1 Å². The number of aryl methyl sites for hydroxylation is 1. The maximum absolute atomic E-state index is 12.4. The van der Waals surface area contributed by atoms with E-state index in [1.165, 1.54) is 12.7 Å². The van der Waals surface area contributed by atoms with E-state index in [4.69, 9.17) is 10.5 Å². The number of nitrogens with two attached hydrogens (primary N) is 1. The second-order valence-electron chi connectivity index (χ2n) is 6.70. The summed E-state index contributed by atoms with van der Waals surface area (Å²) in [4.78, 5) is 12.4. The van der Waals surface area contributed by atoms with Crippen LogP contribution in [0, 0.1) is 12.3 Å². The molecule has 1 unspecified atom stereocenters. The summed E-state index contributed by atoms with van der Waals surface area (Å²) < 4.78 is 5.04. The molecule has 0 spiro atoms. The smallest absolute Gasteiger partial charge is 0.317 e. The van der Waals surface area contributed by atoms with Gasteiger partial charge in [0.1, 0.15) is 5.41 Å². The molecule has 0 heterocycles. The van der Waals surface area contributed by atoms with Gasteiger partial charge in [0.25, 0.3) is 0 Å². The molecule has 112 valence electrons. The average molecular weight is 277 g/mol. The van der Waals surface area contributed by atoms with Crippen LogP contribution >= 0.6 is 0 Å². The molecule has 1 atom stereocenters. The minimum atomic E-state index is -0.740. The monoisotopic (exact) mass is 277 g/mol. The zero-order valence-corrected chi connectivity index (χ0v) is 13.3. The Balaban J connectivity index is 3.17. The van der Waals surface area contributed by atoms with Crippen LogP contribution in [-0.4, -0.2) is 19.6 Å². The molecule has 0 saturated heterocycles. The van der Waals surface area contributed by atoms with Crippen LogP contribution in [0.4, 0.5) is 0 Å². The fraction of sp³-hybridized carbons (Fsp3) is 0.588. The molecule has 0 aliphatic rings. The predicted molar refractivity (Wildman–Crippen MR) is 82.6 cm³/mol. The van der Waals surface area contributed by atoms with Crippen LogP contribution in [0.2, 0.25) is 0 Å². The highest BCUT2D eigenvalue weighted by Crippen LogP contribution is 2.34. The van der Waals surface area contributed by atoms with Gasteiger partial charge < -0.3 is 10.5 Å². The molecule has 0 aliphatic carbocycles. The second-order valence-corrected chi connectivity index (χ2v) is 6.70. The number of rotatable bonds is 5. The molecule has 0 fully saturated rings. The normalized spacial score (nSPS) is 14.7. The first-order valence-electron chi connectivity index (χ1n) is 7.11. The molecule has 0 amide bonds. The number of carbonyl (C=O) groups is 1. The van der Waals surface area contributed by atoms with Gasteiger partial charge >= 0.3 is 5.97 Å². The first-order chi connectivity index (χ1) is 9.25. The number of carbonyl (C=O) groups excluding carboxylic acids is 1. The first kappa shape index (κ1) is 16.7. The number of hydrogen-bond donors (Lipinski definition) is 1. The van der Waals surface area contributed by atoms with E-state index in [1.54, 1.807) is 0 Å². The van der Waals surface area contributed by atoms with Crippen LogP contribution in [0.3, 0.4) is 0 Å². The van der Waals surface area contributed by atoms with E-state index in [-0.39, 0.29) is 17.9 Å². The van der Waals surface area contributed by atoms with Crippen LogP contribution in [0.5, 0.6) is 0 Å². The van der Waals surface area contributed by atoms with E-state index in [0.29, 0.717) is 6.42 Å². The molecule has 1 rings (SSSR count). The van der Waals surface area contributed by atoms with Crippen molar-refractivity contribution in [2.75, 3.05) is 13.7 Å². The lowest BCUT2D eigenvalue weighted by Gasteiger charge is -2.33. The van der Waals surface area contributed by atoms with E-state index < -0.39 is 5.41 Å². The molecule has 1 aromatic carbocycles. The zero-order valence-electron chi connectivity index (χ0n) is 13.3. The lowest BCUT2D eigenvalue weighted by atomic mass is 9.73. The van der Waals surface area contributed by atoms with Gasteiger partial charge in [-0.05, 0) is 30.7 Å². The van der Waals surface area contributed by atoms with Crippen molar-refractivity contribution in [1.82, 2.24) is 0 Å². The van der Waals surface area contributed by atoms with Crippen molar-refractivity contribution in [2.45, 2.75) is 46.0 Å². The standard InChI is InChI=1S/C17H27NO2/c1-13-6-8-14(9-7-13)17(12-18,15(19)20-5)11-10-16(2,3)4/h6-9H,10-12,18H2,1-5H3. The number of ether oxygens (including phenoxy) is 1. The van der Waals surface area contributed by atoms with Crippen molar-refractivity contribution in [3.05, 3.63) is 35.4 Å². The molecule has 3 nitrogen and oxygen atoms in total. The Kier molecular flexibility index (Phi) is 5.35. The summed E-state index contributed by atoms with van der Waals surface area (Å²) in [6.45, 7) is 8.79. The van der Waals surface area contributed by atoms with Crippen molar-refractivity contribution in [3.8, 4) is 0 Å². The van der Waals surface area contributed by atoms with Crippen molar-refractivity contribution < 1.29 is 9.53 Å². The Labute approximate surface area is 122 Å². The topological polar surface area (TPSA) is 52.3 Å². The SMILES string of the molecule is COC(=O)C(CN)(CCC(C)(C)C)c1ccc(C)cc1. The van der Waals surface area contributed by atoms with Crippen molar-refractivity contribution >= 4 is 5.97 Å². The van der Waals surface area contributed by atoms with E-state index in [9.17, 15) is 4.79 Å². The fourth-order valence-electron chi connectivity index (χ4n) is 2.32. The fourth-order valence-corrected chi connectivity index (χ4v) is 2.32. The highest BCUT2D eigenvalue weighted by atomic mass is 16.5. The van der Waals surface area contributed by atoms with Crippen LogP contribution < -0.4 is 5.73 Å². The summed E-state index contributed by atoms with van der Waals surface area (Å²) in [7, 11) is 1.43. The van der Waals surface area contributed by atoms with E-state index in [1.807, 2.05) is 31.2 Å². The lowest BCUT2D eigenvalue weighted by Crippen LogP contribution is -2.44. The summed E-state index contributed by atoms with van der Waals surface area (Å²) in [6, 6.07) is 8.00. The highest BCUT2D eigenvalue weighted by Gasteiger charge is 2.40. The van der Waals surface area contributed by atoms with E-state index in [2.05, 4.69) is 20.8 Å². The Morgan fingerprint density at radius 1 is 1.15 bits per heavy atom. The van der Waals surface area contributed by atoms with Crippen LogP contribution in [-0.2, 0) is 14.9 Å². The minimum Gasteiger partial charge on any atom is -0.468 e. The second kappa shape index (κ2) is 6.40. The Morgan fingerprint density at radius 3 is 2.10 bits per heavy atom. The molecular formula is C17H27NO2. The molecule has 0 saturated carbocycles. The van der Waals surface area contributed by atoms with Gasteiger partial charge in [-0.15, -0.1) is 0 Å². The van der Waals surface area contributed by atoms with E-state index in [0.717, 1.165) is 12.0 Å². The van der Waals surface area contributed by atoms with Gasteiger partial charge in [0.05, 0.1) is 7.11 Å². The Bertz CT molecular complexity index is 445. The summed E-state index contributed by atoms with van der Waals surface area (Å²) in [6.07, 6.45) is 1.61. The van der Waals surface area contributed by atoms with Crippen molar-refractivity contribution in [3.63, 3.8) is 0 Å². The summed E-state index contributed by atoms with van der Waals surface area (Å²) >= 11 is 0. The summed E-state index contributed by atoms with van der Waals surface area (Å²) in [5.74, 6) is -0.242. The minimum absolute atomic E-state index is 0.152. The molecular weight excluding hydrogens is 250 g/mol. The van der Waals surface area contributed by atoms with Crippen molar-refractivity contribution in [1.29, 1.82) is 0 Å². The maximum atomic E-state index is 12.4. The van der Waals surface area contributed by atoms with Gasteiger partial charge in [0.2, 0.25) is 0 Å². The van der Waals surface area contributed by atoms with Gasteiger partial charge in [0, 0.05) is 6.54 Å². The summed E-state index contributed by atoms with van der Waals surface area (Å²) in [5, 5.41) is 0.